The first-order chi connectivity index (χ1) is 42.5. The number of hydrogen-bond acceptors (Lipinski definition) is 15. The molecule has 1 saturated heterocycles. The van der Waals surface area contributed by atoms with Crippen LogP contribution in [0.15, 0.2) is 12.2 Å². The first-order valence-corrected chi connectivity index (χ1v) is 34.0. The van der Waals surface area contributed by atoms with E-state index in [-0.39, 0.29) is 62.0 Å². The minimum absolute atomic E-state index is 0.0112. The standard InChI is InChI=1S/C66H120N12O13S/c1-25-27-29-42(13)54(79)53-58(83)70-45(26-2)60(85)76(22)50(36-92-31-28-30-67)63(88)75(21)49(35-66(16,17)91)57(82)71-51(40(9)10)64(89)72(18)46(32-37(3)4)56(81)68-43(14)55(80)69-44(15)59(84)73(19)47(33-38(5)6)61(86)74(20)48(34-39(7)8)62(87)77(23)52(41(11)12)65(90)78(53)24/h25,27,37-54,79,91H,26,28-36,67H2,1-24H3,(H,68,81)(H,69,80)(H,70,83)(H,71,82)/t42-,43+,44-,45+,46+,47+,48+,49+,50-,51+,52+,53+,54-/m1/s1. The summed E-state index contributed by atoms with van der Waals surface area (Å²) < 4.78 is 0. The molecule has 92 heavy (non-hydrogen) atoms. The molecule has 0 aliphatic carbocycles. The second-order valence-electron chi connectivity index (χ2n) is 27.9. The highest BCUT2D eigenvalue weighted by Gasteiger charge is 2.47. The van der Waals surface area contributed by atoms with Crippen LogP contribution in [-0.4, -0.2) is 255 Å². The quantitative estimate of drug-likeness (QED) is 0.0681. The molecule has 528 valence electrons. The second-order valence-corrected chi connectivity index (χ2v) is 29.1. The molecule has 0 aromatic carbocycles. The highest BCUT2D eigenvalue weighted by atomic mass is 32.2. The largest absolute Gasteiger partial charge is 0.390 e. The Balaban J connectivity index is 4.55. The van der Waals surface area contributed by atoms with Gasteiger partial charge in [-0.2, -0.15) is 11.8 Å². The van der Waals surface area contributed by atoms with Crippen LogP contribution in [0.5, 0.6) is 0 Å². The minimum atomic E-state index is -1.66. The van der Waals surface area contributed by atoms with Gasteiger partial charge in [0.1, 0.15) is 66.5 Å². The fourth-order valence-electron chi connectivity index (χ4n) is 11.4. The van der Waals surface area contributed by atoms with Crippen LogP contribution in [0.4, 0.5) is 0 Å². The lowest BCUT2D eigenvalue weighted by atomic mass is 9.91. The van der Waals surface area contributed by atoms with Crippen molar-refractivity contribution in [1.82, 2.24) is 55.6 Å². The zero-order valence-corrected chi connectivity index (χ0v) is 60.9. The molecule has 1 aliphatic heterocycles. The molecule has 25 nitrogen and oxygen atoms in total. The first-order valence-electron chi connectivity index (χ1n) is 32.8. The third kappa shape index (κ3) is 24.2. The molecule has 0 aromatic rings. The molecule has 13 atom stereocenters. The Kier molecular flexibility index (Phi) is 35.2. The van der Waals surface area contributed by atoms with E-state index in [1.807, 2.05) is 41.5 Å². The van der Waals surface area contributed by atoms with Gasteiger partial charge in [-0.15, -0.1) is 0 Å². The van der Waals surface area contributed by atoms with Crippen LogP contribution in [-0.2, 0) is 52.7 Å². The molecule has 1 fully saturated rings. The van der Waals surface area contributed by atoms with Crippen molar-refractivity contribution in [3.63, 3.8) is 0 Å². The van der Waals surface area contributed by atoms with Gasteiger partial charge in [0.25, 0.3) is 0 Å². The predicted octanol–water partition coefficient (Wildman–Crippen LogP) is 2.83. The van der Waals surface area contributed by atoms with Gasteiger partial charge >= 0.3 is 0 Å². The Morgan fingerprint density at radius 1 is 0.522 bits per heavy atom. The van der Waals surface area contributed by atoms with Crippen LogP contribution in [0, 0.1) is 35.5 Å². The maximum Gasteiger partial charge on any atom is 0.246 e. The molecule has 0 spiro atoms. The number of allylic oxidation sites excluding steroid dienone is 2. The summed E-state index contributed by atoms with van der Waals surface area (Å²) in [6.45, 7) is 29.2. The smallest absolute Gasteiger partial charge is 0.246 e. The van der Waals surface area contributed by atoms with Gasteiger partial charge in [0, 0.05) is 61.5 Å². The summed E-state index contributed by atoms with van der Waals surface area (Å²) in [5.41, 5.74) is 4.26. The number of aliphatic hydroxyl groups excluding tert-OH is 1. The molecule has 26 heteroatoms. The van der Waals surface area contributed by atoms with E-state index in [9.17, 15) is 34.2 Å². The summed E-state index contributed by atoms with van der Waals surface area (Å²) in [5, 5.41) is 34.6. The molecule has 1 rings (SSSR count). The van der Waals surface area contributed by atoms with Crippen molar-refractivity contribution in [3.8, 4) is 0 Å². The van der Waals surface area contributed by atoms with Gasteiger partial charge in [0.15, 0.2) is 0 Å². The third-order valence-corrected chi connectivity index (χ3v) is 18.3. The Bertz CT molecular complexity index is 2510. The van der Waals surface area contributed by atoms with Gasteiger partial charge in [-0.1, -0.05) is 95.2 Å². The van der Waals surface area contributed by atoms with Gasteiger partial charge in [0.05, 0.1) is 11.7 Å². The van der Waals surface area contributed by atoms with E-state index >= 15 is 28.8 Å². The molecule has 0 saturated carbocycles. The zero-order valence-electron chi connectivity index (χ0n) is 60.1. The Morgan fingerprint density at radius 3 is 1.42 bits per heavy atom. The van der Waals surface area contributed by atoms with Crippen molar-refractivity contribution in [2.24, 2.45) is 41.2 Å². The van der Waals surface area contributed by atoms with Crippen molar-refractivity contribution < 1.29 is 63.0 Å². The van der Waals surface area contributed by atoms with Gasteiger partial charge < -0.3 is 71.5 Å². The lowest BCUT2D eigenvalue weighted by Crippen LogP contribution is -2.64. The average Bonchev–Trinajstić information content (AvgIpc) is 0.865. The molecule has 1 aliphatic rings. The number of nitrogens with zero attached hydrogens (tertiary/aromatic N) is 7. The number of hydrogen-bond donors (Lipinski definition) is 7. The van der Waals surface area contributed by atoms with E-state index in [0.29, 0.717) is 18.7 Å². The molecule has 0 bridgehead atoms. The number of carbonyl (C=O) groups is 11. The van der Waals surface area contributed by atoms with Crippen molar-refractivity contribution in [1.29, 1.82) is 0 Å². The molecule has 1 heterocycles. The Morgan fingerprint density at radius 2 is 0.957 bits per heavy atom. The first kappa shape index (κ1) is 84.2. The molecule has 8 N–H and O–H groups in total. The summed E-state index contributed by atoms with van der Waals surface area (Å²) in [4.78, 5) is 172. The Labute approximate surface area is 554 Å². The highest BCUT2D eigenvalue weighted by molar-refractivity contribution is 7.99. The van der Waals surface area contributed by atoms with Crippen molar-refractivity contribution >= 4 is 76.7 Å². The van der Waals surface area contributed by atoms with E-state index in [2.05, 4.69) is 21.3 Å². The number of rotatable bonds is 20. The van der Waals surface area contributed by atoms with Crippen LogP contribution in [0.2, 0.25) is 0 Å². The van der Waals surface area contributed by atoms with Crippen molar-refractivity contribution in [2.75, 3.05) is 67.4 Å². The predicted molar refractivity (Wildman–Crippen MR) is 360 cm³/mol. The van der Waals surface area contributed by atoms with Gasteiger partial charge in [-0.05, 0) is 121 Å². The van der Waals surface area contributed by atoms with Crippen molar-refractivity contribution in [2.45, 2.75) is 241 Å². The van der Waals surface area contributed by atoms with E-state index in [1.54, 1.807) is 60.6 Å². The normalized spacial score (nSPS) is 26.7. The number of nitrogens with two attached hydrogens (primary N) is 1. The maximum absolute atomic E-state index is 15.3. The summed E-state index contributed by atoms with van der Waals surface area (Å²) in [6, 6.07) is -14.4. The van der Waals surface area contributed by atoms with Crippen molar-refractivity contribution in [3.05, 3.63) is 12.2 Å². The molecule has 0 aromatic heterocycles. The Hall–Kier alpha value is -5.86. The monoisotopic (exact) mass is 1320 g/mol. The van der Waals surface area contributed by atoms with Crippen LogP contribution in [0.1, 0.15) is 163 Å². The summed E-state index contributed by atoms with van der Waals surface area (Å²) >= 11 is 1.32. The van der Waals surface area contributed by atoms with Crippen LogP contribution in [0.25, 0.3) is 0 Å². The van der Waals surface area contributed by atoms with Gasteiger partial charge in [-0.25, -0.2) is 0 Å². The number of likely N-dealkylation sites (N-methyl/N-ethyl adjacent to an activating group) is 7. The van der Waals surface area contributed by atoms with E-state index in [1.165, 1.54) is 113 Å². The highest BCUT2D eigenvalue weighted by Crippen LogP contribution is 2.27. The fourth-order valence-corrected chi connectivity index (χ4v) is 12.5. The van der Waals surface area contributed by atoms with Gasteiger partial charge in [0.2, 0.25) is 65.0 Å². The average molecular weight is 1320 g/mol. The lowest BCUT2D eigenvalue weighted by Gasteiger charge is -2.41. The number of nitrogens with one attached hydrogen (secondary N) is 4. The van der Waals surface area contributed by atoms with E-state index in [0.717, 1.165) is 9.80 Å². The topological polar surface area (TPSA) is 325 Å². The minimum Gasteiger partial charge on any atom is -0.390 e. The number of amides is 11. The van der Waals surface area contributed by atoms with Crippen LogP contribution >= 0.6 is 11.8 Å². The molecular weight excluding hydrogens is 1200 g/mol. The fraction of sp³-hybridized carbons (Fsp3) is 0.803. The molecule has 0 unspecified atom stereocenters. The number of aliphatic hydroxyl groups is 2. The lowest BCUT2D eigenvalue weighted by molar-refractivity contribution is -0.157. The molecule has 0 radical (unpaired) electrons. The van der Waals surface area contributed by atoms with Crippen LogP contribution in [0.3, 0.4) is 0 Å². The molecule has 11 amide bonds. The van der Waals surface area contributed by atoms with E-state index < -0.39 is 161 Å². The maximum atomic E-state index is 15.3. The third-order valence-electron chi connectivity index (χ3n) is 17.1. The molecular formula is C66H120N12O13S. The summed E-state index contributed by atoms with van der Waals surface area (Å²) in [6.07, 6.45) is 2.88. The van der Waals surface area contributed by atoms with E-state index in [4.69, 9.17) is 5.73 Å². The second kappa shape index (κ2) is 38.5. The summed E-state index contributed by atoms with van der Waals surface area (Å²) in [7, 11) is 9.80. The van der Waals surface area contributed by atoms with Crippen LogP contribution < -0.4 is 27.0 Å². The SMILES string of the molecule is CC=CC[C@@H](C)[C@@H](O)[C@H]1C(=O)N[C@@H](CC)C(=O)N(C)[C@H](CSCCCN)C(=O)N(C)[C@@H](CC(C)(C)O)C(=O)N[C@@H](C(C)C)C(=O)N(C)[C@@H](CC(C)C)C(=O)N[C@@H](C)C(=O)N[C@H](C)C(=O)N(C)[C@@H](CC(C)C)C(=O)N(C)[C@@H](CC(C)C)C(=O)N(C)[C@@H](C(C)C)C(=O)N1C. The summed E-state index contributed by atoms with van der Waals surface area (Å²) in [5.74, 6) is -9.90. The van der Waals surface area contributed by atoms with Gasteiger partial charge in [-0.3, -0.25) is 52.7 Å². The zero-order chi connectivity index (χ0) is 71.3. The number of thioether (sulfide) groups is 1. The number of carbonyl (C=O) groups excluding carboxylic acids is 11.